The molecule has 8 nitrogen and oxygen atoms in total. The summed E-state index contributed by atoms with van der Waals surface area (Å²) in [5, 5.41) is 0.276. The molecule has 2 aromatic rings. The van der Waals surface area contributed by atoms with Gasteiger partial charge in [0.15, 0.2) is 0 Å². The van der Waals surface area contributed by atoms with Crippen LogP contribution in [0.4, 0.5) is 0 Å². The number of H-pyrrole nitrogens is 1. The van der Waals surface area contributed by atoms with Crippen LogP contribution in [0.15, 0.2) is 33.9 Å². The summed E-state index contributed by atoms with van der Waals surface area (Å²) in [5.41, 5.74) is -0.145. The first-order valence-electron chi connectivity index (χ1n) is 5.98. The molecular formula is C12H11N2O6P. The Balaban J connectivity index is 2.18. The first-order chi connectivity index (χ1) is 9.87. The molecule has 1 aromatic carbocycles. The number of hydrogen-bond acceptors (Lipinski definition) is 5. The Kier molecular flexibility index (Phi) is 3.09. The molecule has 1 atom stereocenters. The van der Waals surface area contributed by atoms with Crippen LogP contribution < -0.4 is 11.2 Å². The Morgan fingerprint density at radius 2 is 2.14 bits per heavy atom. The maximum absolute atomic E-state index is 12.1. The molecule has 110 valence electrons. The maximum atomic E-state index is 12.1. The molecule has 0 radical (unpaired) electrons. The van der Waals surface area contributed by atoms with Gasteiger partial charge in [-0.05, 0) is 24.3 Å². The summed E-state index contributed by atoms with van der Waals surface area (Å²) in [7, 11) is -2.75. The standard InChI is InChI=1S/C12H11N2O6P/c1-14-11(15)8-6-7(2-3-9(8)13-12(14)16)10-4-5-19-21(17,18)20-10/h2-4,6H,5H2,1H3,(H,13,16)(H,17,18). The van der Waals surface area contributed by atoms with Crippen molar-refractivity contribution < 1.29 is 18.5 Å². The lowest BCUT2D eigenvalue weighted by atomic mass is 10.1. The minimum atomic E-state index is -4.11. The molecule has 2 N–H and O–H groups in total. The van der Waals surface area contributed by atoms with E-state index in [0.717, 1.165) is 4.57 Å². The predicted molar refractivity (Wildman–Crippen MR) is 74.6 cm³/mol. The second kappa shape index (κ2) is 4.70. The molecule has 0 bridgehead atoms. The van der Waals surface area contributed by atoms with Crippen LogP contribution in [0.1, 0.15) is 5.56 Å². The molecule has 1 aromatic heterocycles. The first kappa shape index (κ1) is 13.8. The number of fused-ring (bicyclic) bond motifs is 1. The van der Waals surface area contributed by atoms with Gasteiger partial charge in [-0.25, -0.2) is 9.36 Å². The molecule has 1 aliphatic rings. The Bertz CT molecular complexity index is 925. The maximum Gasteiger partial charge on any atom is 0.527 e. The van der Waals surface area contributed by atoms with Gasteiger partial charge in [0.25, 0.3) is 5.56 Å². The minimum Gasteiger partial charge on any atom is -0.404 e. The number of phosphoric ester groups is 1. The van der Waals surface area contributed by atoms with E-state index in [1.165, 1.54) is 25.3 Å². The molecule has 3 rings (SSSR count). The summed E-state index contributed by atoms with van der Waals surface area (Å²) in [5.74, 6) is 0.155. The Morgan fingerprint density at radius 3 is 2.86 bits per heavy atom. The second-order valence-electron chi connectivity index (χ2n) is 4.48. The van der Waals surface area contributed by atoms with Crippen LogP contribution in [0.3, 0.4) is 0 Å². The molecule has 2 heterocycles. The lowest BCUT2D eigenvalue weighted by molar-refractivity contribution is 0.199. The summed E-state index contributed by atoms with van der Waals surface area (Å²) in [6.07, 6.45) is 1.49. The molecule has 21 heavy (non-hydrogen) atoms. The van der Waals surface area contributed by atoms with E-state index in [1.54, 1.807) is 6.07 Å². The fourth-order valence-corrected chi connectivity index (χ4v) is 2.77. The van der Waals surface area contributed by atoms with Crippen molar-refractivity contribution in [2.45, 2.75) is 0 Å². The van der Waals surface area contributed by atoms with E-state index in [0.29, 0.717) is 11.1 Å². The van der Waals surface area contributed by atoms with Crippen molar-refractivity contribution >= 4 is 24.5 Å². The van der Waals surface area contributed by atoms with E-state index in [2.05, 4.69) is 9.51 Å². The van der Waals surface area contributed by atoms with Crippen LogP contribution in [-0.4, -0.2) is 21.1 Å². The van der Waals surface area contributed by atoms with E-state index in [9.17, 15) is 19.0 Å². The van der Waals surface area contributed by atoms with Crippen molar-refractivity contribution in [3.63, 3.8) is 0 Å². The van der Waals surface area contributed by atoms with E-state index in [-0.39, 0.29) is 17.8 Å². The number of aromatic nitrogens is 2. The monoisotopic (exact) mass is 310 g/mol. The highest BCUT2D eigenvalue weighted by atomic mass is 31.2. The van der Waals surface area contributed by atoms with Gasteiger partial charge in [-0.15, -0.1) is 0 Å². The van der Waals surface area contributed by atoms with Gasteiger partial charge >= 0.3 is 13.5 Å². The third-order valence-electron chi connectivity index (χ3n) is 3.11. The molecule has 1 aliphatic heterocycles. The van der Waals surface area contributed by atoms with E-state index < -0.39 is 19.1 Å². The van der Waals surface area contributed by atoms with Gasteiger partial charge in [-0.3, -0.25) is 18.8 Å². The first-order valence-corrected chi connectivity index (χ1v) is 7.47. The van der Waals surface area contributed by atoms with Crippen LogP contribution in [-0.2, 0) is 20.7 Å². The third-order valence-corrected chi connectivity index (χ3v) is 4.01. The van der Waals surface area contributed by atoms with Gasteiger partial charge in [0, 0.05) is 12.6 Å². The number of hydrogen-bond donors (Lipinski definition) is 2. The van der Waals surface area contributed by atoms with Crippen molar-refractivity contribution in [1.82, 2.24) is 9.55 Å². The third kappa shape index (κ3) is 2.44. The average molecular weight is 310 g/mol. The largest absolute Gasteiger partial charge is 0.527 e. The minimum absolute atomic E-state index is 0.0647. The van der Waals surface area contributed by atoms with Gasteiger partial charge in [-0.2, -0.15) is 0 Å². The van der Waals surface area contributed by atoms with E-state index >= 15 is 0 Å². The molecule has 1 unspecified atom stereocenters. The van der Waals surface area contributed by atoms with Crippen molar-refractivity contribution in [3.05, 3.63) is 50.7 Å². The highest BCUT2D eigenvalue weighted by Crippen LogP contribution is 2.50. The topological polar surface area (TPSA) is 111 Å². The normalized spacial score (nSPS) is 21.9. The molecule has 0 amide bonds. The zero-order valence-electron chi connectivity index (χ0n) is 10.9. The van der Waals surface area contributed by atoms with Crippen LogP contribution in [0.5, 0.6) is 0 Å². The summed E-state index contributed by atoms with van der Waals surface area (Å²) < 4.78 is 21.8. The van der Waals surface area contributed by atoms with Gasteiger partial charge in [-0.1, -0.05) is 0 Å². The van der Waals surface area contributed by atoms with Crippen molar-refractivity contribution in [1.29, 1.82) is 0 Å². The lowest BCUT2D eigenvalue weighted by Gasteiger charge is -2.19. The SMILES string of the molecule is Cn1c(=O)[nH]c2ccc(C3=CCOP(=O)(O)O3)cc2c1=O. The summed E-state index contributed by atoms with van der Waals surface area (Å²) in [6, 6.07) is 4.61. The number of aromatic amines is 1. The van der Waals surface area contributed by atoms with Gasteiger partial charge < -0.3 is 9.51 Å². The number of benzene rings is 1. The van der Waals surface area contributed by atoms with Gasteiger partial charge in [0.05, 0.1) is 17.5 Å². The van der Waals surface area contributed by atoms with Crippen LogP contribution in [0.2, 0.25) is 0 Å². The molecule has 9 heteroatoms. The highest BCUT2D eigenvalue weighted by molar-refractivity contribution is 7.47. The van der Waals surface area contributed by atoms with Crippen molar-refractivity contribution in [2.24, 2.45) is 7.05 Å². The number of phosphoric acid groups is 1. The molecule has 0 aliphatic carbocycles. The molecule has 0 saturated carbocycles. The summed E-state index contributed by atoms with van der Waals surface area (Å²) >= 11 is 0. The predicted octanol–water partition coefficient (Wildman–Crippen LogP) is 0.715. The van der Waals surface area contributed by atoms with E-state index in [1.807, 2.05) is 0 Å². The Hall–Kier alpha value is -2.15. The van der Waals surface area contributed by atoms with Gasteiger partial charge in [0.1, 0.15) is 5.76 Å². The van der Waals surface area contributed by atoms with Crippen molar-refractivity contribution in [3.8, 4) is 0 Å². The fourth-order valence-electron chi connectivity index (χ4n) is 2.02. The number of rotatable bonds is 1. The zero-order chi connectivity index (χ0) is 15.2. The Labute approximate surface area is 117 Å². The molecular weight excluding hydrogens is 299 g/mol. The van der Waals surface area contributed by atoms with Crippen LogP contribution >= 0.6 is 7.82 Å². The Morgan fingerprint density at radius 1 is 1.38 bits per heavy atom. The van der Waals surface area contributed by atoms with Crippen LogP contribution in [0.25, 0.3) is 16.7 Å². The van der Waals surface area contributed by atoms with Gasteiger partial charge in [0.2, 0.25) is 0 Å². The molecule has 0 fully saturated rings. The van der Waals surface area contributed by atoms with E-state index in [4.69, 9.17) is 4.52 Å². The van der Waals surface area contributed by atoms with Crippen molar-refractivity contribution in [2.75, 3.05) is 6.61 Å². The molecule has 0 spiro atoms. The second-order valence-corrected chi connectivity index (χ2v) is 5.86. The highest BCUT2D eigenvalue weighted by Gasteiger charge is 2.28. The smallest absolute Gasteiger partial charge is 0.404 e. The summed E-state index contributed by atoms with van der Waals surface area (Å²) in [6.45, 7) is -0.0647. The summed E-state index contributed by atoms with van der Waals surface area (Å²) in [4.78, 5) is 35.5. The number of nitrogens with zero attached hydrogens (tertiary/aromatic N) is 1. The molecule has 0 saturated heterocycles. The fraction of sp³-hybridized carbons (Fsp3) is 0.167. The quantitative estimate of drug-likeness (QED) is 0.751. The average Bonchev–Trinajstić information content (AvgIpc) is 2.43. The number of nitrogens with one attached hydrogen (secondary N) is 1. The van der Waals surface area contributed by atoms with Crippen LogP contribution in [0, 0.1) is 0 Å². The zero-order valence-corrected chi connectivity index (χ0v) is 11.8. The lowest BCUT2D eigenvalue weighted by Crippen LogP contribution is -2.32.